The van der Waals surface area contributed by atoms with Gasteiger partial charge >= 0.3 is 0 Å². The van der Waals surface area contributed by atoms with Gasteiger partial charge in [0.15, 0.2) is 0 Å². The van der Waals surface area contributed by atoms with Gasteiger partial charge in [-0.15, -0.1) is 0 Å². The van der Waals surface area contributed by atoms with Gasteiger partial charge in [0.1, 0.15) is 5.54 Å². The molecule has 3 heterocycles. The summed E-state index contributed by atoms with van der Waals surface area (Å²) in [5.74, 6) is -5.14. The number of amides is 5. The van der Waals surface area contributed by atoms with Gasteiger partial charge in [-0.25, -0.2) is 4.90 Å². The third-order valence-electron chi connectivity index (χ3n) is 6.92. The molecule has 4 atom stereocenters. The van der Waals surface area contributed by atoms with E-state index in [9.17, 15) is 24.0 Å². The number of nitrogens with zero attached hydrogens (tertiary/aromatic N) is 1. The van der Waals surface area contributed by atoms with Crippen molar-refractivity contribution in [3.63, 3.8) is 0 Å². The second kappa shape index (κ2) is 7.37. The number of anilines is 2. The molecule has 11 heteroatoms. The van der Waals surface area contributed by atoms with E-state index in [1.54, 1.807) is 19.1 Å². The maximum Gasteiger partial charge on any atom is 0.250 e. The predicted octanol–water partition coefficient (Wildman–Crippen LogP) is 0.548. The molecule has 0 aromatic heterocycles. The highest BCUT2D eigenvalue weighted by Crippen LogP contribution is 2.55. The van der Waals surface area contributed by atoms with Crippen LogP contribution in [0.1, 0.15) is 27.9 Å². The molecule has 5 amide bonds. The van der Waals surface area contributed by atoms with Crippen LogP contribution in [0.4, 0.5) is 11.4 Å². The Morgan fingerprint density at radius 3 is 2.35 bits per heavy atom. The summed E-state index contributed by atoms with van der Waals surface area (Å²) >= 11 is 6.24. The van der Waals surface area contributed by atoms with Crippen molar-refractivity contribution in [3.05, 3.63) is 58.1 Å². The smallest absolute Gasteiger partial charge is 0.250 e. The van der Waals surface area contributed by atoms with E-state index in [0.29, 0.717) is 21.8 Å². The van der Waals surface area contributed by atoms with E-state index >= 15 is 0 Å². The van der Waals surface area contributed by atoms with Crippen molar-refractivity contribution in [3.8, 4) is 0 Å². The van der Waals surface area contributed by atoms with Crippen molar-refractivity contribution in [2.45, 2.75) is 24.9 Å². The molecule has 2 aromatic carbocycles. The molecule has 3 aliphatic heterocycles. The van der Waals surface area contributed by atoms with Crippen molar-refractivity contribution in [1.82, 2.24) is 5.32 Å². The summed E-state index contributed by atoms with van der Waals surface area (Å²) in [7, 11) is 0. The van der Waals surface area contributed by atoms with Gasteiger partial charge in [-0.05, 0) is 42.8 Å². The number of hydrogen-bond donors (Lipinski definition) is 4. The molecule has 3 aliphatic rings. The number of nitrogens with two attached hydrogens (primary N) is 2. The van der Waals surface area contributed by atoms with Gasteiger partial charge in [-0.2, -0.15) is 0 Å². The number of nitrogens with one attached hydrogen (secondary N) is 2. The molecule has 6 N–H and O–H groups in total. The maximum atomic E-state index is 13.8. The molecule has 0 saturated carbocycles. The number of benzene rings is 2. The van der Waals surface area contributed by atoms with E-state index in [0.717, 1.165) is 4.90 Å². The minimum absolute atomic E-state index is 0.212. The minimum atomic E-state index is -1.58. The molecule has 10 nitrogen and oxygen atoms in total. The lowest BCUT2D eigenvalue weighted by Gasteiger charge is -2.29. The largest absolute Gasteiger partial charge is 0.370 e. The lowest BCUT2D eigenvalue weighted by molar-refractivity contribution is -0.130. The molecule has 0 bridgehead atoms. The first kappa shape index (κ1) is 22.1. The van der Waals surface area contributed by atoms with Gasteiger partial charge in [0, 0.05) is 28.6 Å². The maximum absolute atomic E-state index is 13.8. The van der Waals surface area contributed by atoms with Gasteiger partial charge in [0.05, 0.1) is 23.2 Å². The molecular formula is C23H20ClN5O5. The highest BCUT2D eigenvalue weighted by molar-refractivity contribution is 6.32. The summed E-state index contributed by atoms with van der Waals surface area (Å²) < 4.78 is 0. The second-order valence-electron chi connectivity index (χ2n) is 8.70. The fourth-order valence-electron chi connectivity index (χ4n) is 5.41. The topological polar surface area (TPSA) is 165 Å². The summed E-state index contributed by atoms with van der Waals surface area (Å²) in [5, 5.41) is 6.36. The first-order valence-corrected chi connectivity index (χ1v) is 10.9. The zero-order chi connectivity index (χ0) is 24.5. The number of rotatable bonds is 4. The molecule has 174 valence electrons. The molecule has 2 fully saturated rings. The Bertz CT molecular complexity index is 1310. The third-order valence-corrected chi connectivity index (χ3v) is 7.33. The standard InChI is InChI=1S/C23H20ClN5O5/c1-9-13(24)7-6-12-18(9)27-22(34)23(12)17-16(14(28-23)8-15(25)30)20(32)29(21(17)33)11-4-2-10(3-5-11)19(26)31/h2-7,14,16-17,28H,8H2,1H3,(H2,25,30)(H2,26,31)(H,27,34)/t14-,16-,17+,23-/m1/s1. The zero-order valence-electron chi connectivity index (χ0n) is 17.9. The fraction of sp³-hybridized carbons (Fsp3) is 0.261. The molecule has 0 aliphatic carbocycles. The number of imide groups is 1. The first-order valence-electron chi connectivity index (χ1n) is 10.5. The quantitative estimate of drug-likeness (QED) is 0.465. The Labute approximate surface area is 198 Å². The van der Waals surface area contributed by atoms with Crippen LogP contribution in [0, 0.1) is 18.8 Å². The van der Waals surface area contributed by atoms with Crippen LogP contribution in [0.5, 0.6) is 0 Å². The van der Waals surface area contributed by atoms with Gasteiger partial charge < -0.3 is 16.8 Å². The Morgan fingerprint density at radius 1 is 1.06 bits per heavy atom. The Hall–Kier alpha value is -3.76. The monoisotopic (exact) mass is 481 g/mol. The summed E-state index contributed by atoms with van der Waals surface area (Å²) in [4.78, 5) is 65.0. The molecule has 0 radical (unpaired) electrons. The molecule has 5 rings (SSSR count). The van der Waals surface area contributed by atoms with Gasteiger partial charge in [-0.1, -0.05) is 17.7 Å². The van der Waals surface area contributed by atoms with Crippen LogP contribution in [0.15, 0.2) is 36.4 Å². The average Bonchev–Trinajstić information content (AvgIpc) is 3.35. The number of primary amides is 2. The van der Waals surface area contributed by atoms with Gasteiger partial charge in [0.2, 0.25) is 29.5 Å². The van der Waals surface area contributed by atoms with E-state index < -0.39 is 53.0 Å². The van der Waals surface area contributed by atoms with Crippen LogP contribution in [-0.4, -0.2) is 35.6 Å². The summed E-state index contributed by atoms with van der Waals surface area (Å²) in [6.45, 7) is 1.74. The first-order chi connectivity index (χ1) is 16.1. The van der Waals surface area contributed by atoms with Crippen molar-refractivity contribution < 1.29 is 24.0 Å². The van der Waals surface area contributed by atoms with Gasteiger partial charge in [0.25, 0.3) is 0 Å². The van der Waals surface area contributed by atoms with E-state index in [4.69, 9.17) is 23.1 Å². The van der Waals surface area contributed by atoms with E-state index in [2.05, 4.69) is 10.6 Å². The highest BCUT2D eigenvalue weighted by Gasteiger charge is 2.70. The molecular weight excluding hydrogens is 462 g/mol. The van der Waals surface area contributed by atoms with Crippen molar-refractivity contribution in [1.29, 1.82) is 0 Å². The second-order valence-corrected chi connectivity index (χ2v) is 9.11. The summed E-state index contributed by atoms with van der Waals surface area (Å²) in [5.41, 5.74) is 11.1. The Balaban J connectivity index is 1.66. The van der Waals surface area contributed by atoms with Crippen LogP contribution < -0.4 is 27.0 Å². The number of hydrogen-bond acceptors (Lipinski definition) is 6. The lowest BCUT2D eigenvalue weighted by Crippen LogP contribution is -2.53. The van der Waals surface area contributed by atoms with Crippen molar-refractivity contribution >= 4 is 52.5 Å². The molecule has 1 spiro atoms. The number of halogens is 1. The Morgan fingerprint density at radius 2 is 1.74 bits per heavy atom. The normalized spacial score (nSPS) is 27.2. The average molecular weight is 482 g/mol. The molecule has 34 heavy (non-hydrogen) atoms. The molecule has 0 unspecified atom stereocenters. The minimum Gasteiger partial charge on any atom is -0.370 e. The summed E-state index contributed by atoms with van der Waals surface area (Å²) in [6, 6.07) is 8.11. The van der Waals surface area contributed by atoms with Crippen LogP contribution >= 0.6 is 11.6 Å². The SMILES string of the molecule is Cc1c(Cl)ccc2c1NC(=O)[C@@]21N[C@H](CC(N)=O)[C@H]2C(=O)N(c3ccc(C(N)=O)cc3)C(=O)[C@H]21. The van der Waals surface area contributed by atoms with E-state index in [-0.39, 0.29) is 17.7 Å². The number of fused-ring (bicyclic) bond motifs is 4. The summed E-state index contributed by atoms with van der Waals surface area (Å²) in [6.07, 6.45) is -0.244. The third kappa shape index (κ3) is 2.82. The molecule has 2 saturated heterocycles. The lowest BCUT2D eigenvalue weighted by atomic mass is 9.76. The predicted molar refractivity (Wildman–Crippen MR) is 122 cm³/mol. The highest BCUT2D eigenvalue weighted by atomic mass is 35.5. The van der Waals surface area contributed by atoms with Gasteiger partial charge in [-0.3, -0.25) is 29.3 Å². The number of carbonyl (C=O) groups is 5. The van der Waals surface area contributed by atoms with Crippen molar-refractivity contribution in [2.24, 2.45) is 23.3 Å². The fourth-order valence-corrected chi connectivity index (χ4v) is 5.57. The van der Waals surface area contributed by atoms with Crippen LogP contribution in [0.25, 0.3) is 0 Å². The van der Waals surface area contributed by atoms with E-state index in [1.165, 1.54) is 24.3 Å². The van der Waals surface area contributed by atoms with Crippen LogP contribution in [-0.2, 0) is 24.7 Å². The van der Waals surface area contributed by atoms with Crippen LogP contribution in [0.3, 0.4) is 0 Å². The van der Waals surface area contributed by atoms with Crippen LogP contribution in [0.2, 0.25) is 5.02 Å². The zero-order valence-corrected chi connectivity index (χ0v) is 18.7. The molecule has 2 aromatic rings. The Kier molecular flexibility index (Phi) is 4.78. The van der Waals surface area contributed by atoms with Crippen molar-refractivity contribution in [2.75, 3.05) is 10.2 Å². The van der Waals surface area contributed by atoms with E-state index in [1.807, 2.05) is 0 Å². The number of carbonyl (C=O) groups excluding carboxylic acids is 5.